The van der Waals surface area contributed by atoms with Crippen molar-refractivity contribution in [2.45, 2.75) is 45.3 Å². The number of hydrogen-bond acceptors (Lipinski definition) is 3. The zero-order chi connectivity index (χ0) is 16.7. The van der Waals surface area contributed by atoms with Gasteiger partial charge in [-0.05, 0) is 31.7 Å². The molecule has 5 heteroatoms. The molecule has 0 radical (unpaired) electrons. The first-order chi connectivity index (χ1) is 11.1. The molecule has 2 amide bonds. The smallest absolute Gasteiger partial charge is 0.410 e. The molecule has 0 aliphatic carbocycles. The van der Waals surface area contributed by atoms with Crippen LogP contribution in [0.4, 0.5) is 4.79 Å². The van der Waals surface area contributed by atoms with Gasteiger partial charge in [0.05, 0.1) is 0 Å². The minimum Gasteiger partial charge on any atom is -0.445 e. The van der Waals surface area contributed by atoms with E-state index in [-0.39, 0.29) is 18.6 Å². The fraction of sp³-hybridized carbons (Fsp3) is 0.556. The number of piperidine rings is 1. The summed E-state index contributed by atoms with van der Waals surface area (Å²) in [5, 5.41) is 0. The summed E-state index contributed by atoms with van der Waals surface area (Å²) >= 11 is 0. The minimum atomic E-state index is -0.396. The van der Waals surface area contributed by atoms with Gasteiger partial charge < -0.3 is 14.5 Å². The Bertz CT molecular complexity index is 512. The van der Waals surface area contributed by atoms with Gasteiger partial charge in [0.2, 0.25) is 5.91 Å². The topological polar surface area (TPSA) is 49.9 Å². The molecule has 126 valence electrons. The van der Waals surface area contributed by atoms with Crippen LogP contribution in [0.15, 0.2) is 30.3 Å². The average Bonchev–Trinajstić information content (AvgIpc) is 2.60. The molecule has 23 heavy (non-hydrogen) atoms. The summed E-state index contributed by atoms with van der Waals surface area (Å²) in [6.07, 6.45) is 3.30. The van der Waals surface area contributed by atoms with Crippen molar-refractivity contribution in [3.63, 3.8) is 0 Å². The van der Waals surface area contributed by atoms with Crippen LogP contribution in [0.1, 0.15) is 38.2 Å². The Hall–Kier alpha value is -2.04. The van der Waals surface area contributed by atoms with Crippen molar-refractivity contribution >= 4 is 12.0 Å². The van der Waals surface area contributed by atoms with Crippen molar-refractivity contribution in [1.82, 2.24) is 9.80 Å². The van der Waals surface area contributed by atoms with Crippen LogP contribution in [0.25, 0.3) is 0 Å². The molecule has 1 aliphatic heterocycles. The van der Waals surface area contributed by atoms with E-state index in [4.69, 9.17) is 4.74 Å². The maximum Gasteiger partial charge on any atom is 0.410 e. The molecule has 2 rings (SSSR count). The SMILES string of the molecule is CC(CC(=O)N1CCCCC1)N(C)C(=O)OCc1ccccc1. The molecule has 0 N–H and O–H groups in total. The monoisotopic (exact) mass is 318 g/mol. The molecule has 1 heterocycles. The lowest BCUT2D eigenvalue weighted by Crippen LogP contribution is -2.42. The summed E-state index contributed by atoms with van der Waals surface area (Å²) in [5.74, 6) is 0.125. The van der Waals surface area contributed by atoms with Crippen molar-refractivity contribution < 1.29 is 14.3 Å². The first-order valence-corrected chi connectivity index (χ1v) is 8.29. The molecule has 5 nitrogen and oxygen atoms in total. The first kappa shape index (κ1) is 17.3. The second-order valence-electron chi connectivity index (χ2n) is 6.15. The summed E-state index contributed by atoms with van der Waals surface area (Å²) in [6.45, 7) is 3.81. The van der Waals surface area contributed by atoms with Crippen LogP contribution in [0.5, 0.6) is 0 Å². The number of nitrogens with zero attached hydrogens (tertiary/aromatic N) is 2. The van der Waals surface area contributed by atoms with Crippen molar-refractivity contribution in [3.8, 4) is 0 Å². The average molecular weight is 318 g/mol. The quantitative estimate of drug-likeness (QED) is 0.838. The summed E-state index contributed by atoms with van der Waals surface area (Å²) in [5.41, 5.74) is 0.950. The summed E-state index contributed by atoms with van der Waals surface area (Å²) in [7, 11) is 1.68. The molecule has 1 atom stereocenters. The zero-order valence-electron chi connectivity index (χ0n) is 14.0. The minimum absolute atomic E-state index is 0.125. The lowest BCUT2D eigenvalue weighted by atomic mass is 10.1. The van der Waals surface area contributed by atoms with Crippen molar-refractivity contribution in [1.29, 1.82) is 0 Å². The molecule has 1 aliphatic rings. The first-order valence-electron chi connectivity index (χ1n) is 8.29. The molecule has 1 fully saturated rings. The highest BCUT2D eigenvalue weighted by Crippen LogP contribution is 2.13. The maximum atomic E-state index is 12.3. The molecule has 0 saturated carbocycles. The molecule has 0 bridgehead atoms. The number of benzene rings is 1. The fourth-order valence-electron chi connectivity index (χ4n) is 2.66. The van der Waals surface area contributed by atoms with E-state index < -0.39 is 6.09 Å². The van der Waals surface area contributed by atoms with Crippen LogP contribution < -0.4 is 0 Å². The lowest BCUT2D eigenvalue weighted by Gasteiger charge is -2.30. The van der Waals surface area contributed by atoms with E-state index in [1.54, 1.807) is 7.05 Å². The molecular weight excluding hydrogens is 292 g/mol. The third kappa shape index (κ3) is 5.27. The molecule has 0 aromatic heterocycles. The van der Waals surface area contributed by atoms with Gasteiger partial charge in [-0.25, -0.2) is 4.79 Å². The summed E-state index contributed by atoms with van der Waals surface area (Å²) < 4.78 is 5.30. The Balaban J connectivity index is 1.77. The Morgan fingerprint density at radius 3 is 2.48 bits per heavy atom. The van der Waals surface area contributed by atoms with Crippen molar-refractivity contribution in [2.24, 2.45) is 0 Å². The van der Waals surface area contributed by atoms with Crippen LogP contribution in [0, 0.1) is 0 Å². The predicted octanol–water partition coefficient (Wildman–Crippen LogP) is 3.05. The Labute approximate surface area is 138 Å². The Morgan fingerprint density at radius 2 is 1.83 bits per heavy atom. The zero-order valence-corrected chi connectivity index (χ0v) is 14.0. The van der Waals surface area contributed by atoms with Crippen molar-refractivity contribution in [3.05, 3.63) is 35.9 Å². The van der Waals surface area contributed by atoms with Gasteiger partial charge in [0.25, 0.3) is 0 Å². The van der Waals surface area contributed by atoms with Gasteiger partial charge in [-0.3, -0.25) is 4.79 Å². The Kier molecular flexibility index (Phi) is 6.44. The van der Waals surface area contributed by atoms with Crippen LogP contribution in [0.2, 0.25) is 0 Å². The van der Waals surface area contributed by atoms with E-state index in [2.05, 4.69) is 0 Å². The molecule has 0 spiro atoms. The van der Waals surface area contributed by atoms with E-state index in [1.165, 1.54) is 11.3 Å². The highest BCUT2D eigenvalue weighted by molar-refractivity contribution is 5.77. The highest BCUT2D eigenvalue weighted by Gasteiger charge is 2.23. The maximum absolute atomic E-state index is 12.3. The fourth-order valence-corrected chi connectivity index (χ4v) is 2.66. The normalized spacial score (nSPS) is 15.8. The van der Waals surface area contributed by atoms with E-state index >= 15 is 0 Å². The van der Waals surface area contributed by atoms with Gasteiger partial charge in [-0.1, -0.05) is 30.3 Å². The van der Waals surface area contributed by atoms with E-state index in [9.17, 15) is 9.59 Å². The number of carbonyl (C=O) groups is 2. The number of carbonyl (C=O) groups excluding carboxylic acids is 2. The highest BCUT2D eigenvalue weighted by atomic mass is 16.6. The van der Waals surface area contributed by atoms with Gasteiger partial charge in [0.15, 0.2) is 0 Å². The van der Waals surface area contributed by atoms with E-state index in [1.807, 2.05) is 42.2 Å². The van der Waals surface area contributed by atoms with Gasteiger partial charge in [0.1, 0.15) is 6.61 Å². The summed E-state index contributed by atoms with van der Waals surface area (Å²) in [4.78, 5) is 27.8. The summed E-state index contributed by atoms with van der Waals surface area (Å²) in [6, 6.07) is 9.39. The van der Waals surface area contributed by atoms with Crippen LogP contribution in [-0.2, 0) is 16.1 Å². The Morgan fingerprint density at radius 1 is 1.17 bits per heavy atom. The van der Waals surface area contributed by atoms with Gasteiger partial charge in [0, 0.05) is 32.6 Å². The van der Waals surface area contributed by atoms with Crippen LogP contribution >= 0.6 is 0 Å². The second kappa shape index (κ2) is 8.56. The standard InChI is InChI=1S/C18H26N2O3/c1-15(13-17(21)20-11-7-4-8-12-20)19(2)18(22)23-14-16-9-5-3-6-10-16/h3,5-6,9-10,15H,4,7-8,11-14H2,1-2H3. The van der Waals surface area contributed by atoms with E-state index in [0.717, 1.165) is 31.5 Å². The van der Waals surface area contributed by atoms with Gasteiger partial charge >= 0.3 is 6.09 Å². The number of hydrogen-bond donors (Lipinski definition) is 0. The van der Waals surface area contributed by atoms with Crippen LogP contribution in [0.3, 0.4) is 0 Å². The van der Waals surface area contributed by atoms with Crippen LogP contribution in [-0.4, -0.2) is 48.0 Å². The predicted molar refractivity (Wildman–Crippen MR) is 88.9 cm³/mol. The lowest BCUT2D eigenvalue weighted by molar-refractivity contribution is -0.133. The van der Waals surface area contributed by atoms with E-state index in [0.29, 0.717) is 6.42 Å². The number of likely N-dealkylation sites (tertiary alicyclic amines) is 1. The second-order valence-corrected chi connectivity index (χ2v) is 6.15. The molecule has 1 aromatic rings. The third-order valence-corrected chi connectivity index (χ3v) is 4.33. The van der Waals surface area contributed by atoms with Gasteiger partial charge in [-0.15, -0.1) is 0 Å². The number of ether oxygens (including phenoxy) is 1. The van der Waals surface area contributed by atoms with Gasteiger partial charge in [-0.2, -0.15) is 0 Å². The number of rotatable bonds is 5. The largest absolute Gasteiger partial charge is 0.445 e. The number of amides is 2. The molecule has 1 aromatic carbocycles. The van der Waals surface area contributed by atoms with Crippen molar-refractivity contribution in [2.75, 3.05) is 20.1 Å². The molecule has 1 unspecified atom stereocenters. The third-order valence-electron chi connectivity index (χ3n) is 4.33. The molecular formula is C18H26N2O3. The molecule has 1 saturated heterocycles.